The van der Waals surface area contributed by atoms with Crippen LogP contribution in [0.25, 0.3) is 10.2 Å². The van der Waals surface area contributed by atoms with E-state index in [9.17, 15) is 0 Å². The van der Waals surface area contributed by atoms with Crippen molar-refractivity contribution in [2.75, 3.05) is 0 Å². The number of nitrogens with one attached hydrogen (secondary N) is 1. The Balaban J connectivity index is 1.53. The molecule has 1 aliphatic rings. The molecule has 0 unspecified atom stereocenters. The Bertz CT molecular complexity index is 475. The molecule has 0 aliphatic heterocycles. The minimum atomic E-state index is 0.514. The molecule has 18 heavy (non-hydrogen) atoms. The lowest BCUT2D eigenvalue weighted by Gasteiger charge is -2.21. The SMILES string of the molecule is c1ccc2sc(SONC3CCCCC3)nc2c1. The number of hydroxylamine groups is 1. The maximum absolute atomic E-state index is 5.50. The van der Waals surface area contributed by atoms with E-state index in [-0.39, 0.29) is 0 Å². The molecule has 1 fully saturated rings. The van der Waals surface area contributed by atoms with Gasteiger partial charge in [0, 0.05) is 6.04 Å². The fraction of sp³-hybridized carbons (Fsp3) is 0.462. The molecule has 1 aromatic heterocycles. The van der Waals surface area contributed by atoms with E-state index in [4.69, 9.17) is 4.28 Å². The Hall–Kier alpha value is -0.620. The molecule has 0 atom stereocenters. The largest absolute Gasteiger partial charge is 0.227 e. The molecule has 1 saturated carbocycles. The molecule has 3 rings (SSSR count). The summed E-state index contributed by atoms with van der Waals surface area (Å²) in [5, 5.41) is 0. The second-order valence-electron chi connectivity index (χ2n) is 4.57. The molecule has 1 N–H and O–H groups in total. The van der Waals surface area contributed by atoms with Crippen LogP contribution < -0.4 is 5.48 Å². The van der Waals surface area contributed by atoms with Crippen LogP contribution in [0.2, 0.25) is 0 Å². The van der Waals surface area contributed by atoms with Crippen molar-refractivity contribution in [1.29, 1.82) is 0 Å². The molecule has 0 bridgehead atoms. The van der Waals surface area contributed by atoms with E-state index in [2.05, 4.69) is 16.5 Å². The van der Waals surface area contributed by atoms with Gasteiger partial charge in [-0.2, -0.15) is 5.48 Å². The number of benzene rings is 1. The quantitative estimate of drug-likeness (QED) is 0.673. The van der Waals surface area contributed by atoms with Crippen molar-refractivity contribution in [2.24, 2.45) is 0 Å². The average molecular weight is 280 g/mol. The van der Waals surface area contributed by atoms with Crippen LogP contribution in [0.4, 0.5) is 0 Å². The van der Waals surface area contributed by atoms with Crippen molar-refractivity contribution < 1.29 is 4.28 Å². The zero-order valence-electron chi connectivity index (χ0n) is 10.1. The second-order valence-corrected chi connectivity index (χ2v) is 6.58. The topological polar surface area (TPSA) is 34.1 Å². The molecule has 1 aliphatic carbocycles. The molecule has 1 heterocycles. The second kappa shape index (κ2) is 6.02. The number of nitrogens with zero attached hydrogens (tertiary/aromatic N) is 1. The van der Waals surface area contributed by atoms with Crippen molar-refractivity contribution in [3.05, 3.63) is 24.3 Å². The van der Waals surface area contributed by atoms with Crippen LogP contribution in [0.1, 0.15) is 32.1 Å². The van der Waals surface area contributed by atoms with Crippen molar-refractivity contribution >= 4 is 33.6 Å². The summed E-state index contributed by atoms with van der Waals surface area (Å²) in [7, 11) is 0. The van der Waals surface area contributed by atoms with E-state index in [1.807, 2.05) is 18.2 Å². The highest BCUT2D eigenvalue weighted by atomic mass is 32.2. The summed E-state index contributed by atoms with van der Waals surface area (Å²) < 4.78 is 7.67. The number of rotatable bonds is 4. The summed E-state index contributed by atoms with van der Waals surface area (Å²) in [6, 6.07) is 8.68. The molecule has 2 aromatic rings. The van der Waals surface area contributed by atoms with Gasteiger partial charge in [-0.3, -0.25) is 0 Å². The van der Waals surface area contributed by atoms with Gasteiger partial charge in [-0.25, -0.2) is 9.27 Å². The lowest BCUT2D eigenvalue weighted by Crippen LogP contribution is -2.29. The standard InChI is InChI=1S/C13H16N2OS2/c1-2-6-10(7-3-1)15-16-18-13-14-11-8-4-5-9-12(11)17-13/h4-5,8-10,15H,1-3,6-7H2. The van der Waals surface area contributed by atoms with E-state index in [1.165, 1.54) is 48.8 Å². The molecular formula is C13H16N2OS2. The summed E-state index contributed by atoms with van der Waals surface area (Å²) in [6.45, 7) is 0. The number of fused-ring (bicyclic) bond motifs is 1. The molecule has 96 valence electrons. The smallest absolute Gasteiger partial charge is 0.180 e. The highest BCUT2D eigenvalue weighted by Gasteiger charge is 2.13. The first-order chi connectivity index (χ1) is 8.92. The molecule has 5 heteroatoms. The number of aromatic nitrogens is 1. The Labute approximate surface area is 115 Å². The first kappa shape index (κ1) is 12.4. The number of thiazole rings is 1. The highest BCUT2D eigenvalue weighted by Crippen LogP contribution is 2.29. The zero-order chi connectivity index (χ0) is 12.2. The van der Waals surface area contributed by atoms with Crippen LogP contribution in [0, 0.1) is 0 Å². The van der Waals surface area contributed by atoms with Crippen LogP contribution in [0.15, 0.2) is 28.6 Å². The van der Waals surface area contributed by atoms with Gasteiger partial charge in [-0.15, -0.1) is 11.3 Å². The molecular weight excluding hydrogens is 264 g/mol. The van der Waals surface area contributed by atoms with Crippen molar-refractivity contribution in [1.82, 2.24) is 10.5 Å². The molecule has 0 saturated heterocycles. The Morgan fingerprint density at radius 1 is 1.22 bits per heavy atom. The minimum Gasteiger partial charge on any atom is -0.227 e. The van der Waals surface area contributed by atoms with Crippen LogP contribution in [0.5, 0.6) is 0 Å². The molecule has 0 spiro atoms. The molecule has 3 nitrogen and oxygen atoms in total. The predicted molar refractivity (Wildman–Crippen MR) is 76.6 cm³/mol. The maximum Gasteiger partial charge on any atom is 0.180 e. The van der Waals surface area contributed by atoms with E-state index in [0.717, 1.165) is 9.86 Å². The van der Waals surface area contributed by atoms with E-state index < -0.39 is 0 Å². The summed E-state index contributed by atoms with van der Waals surface area (Å²) >= 11 is 3.01. The van der Waals surface area contributed by atoms with Gasteiger partial charge in [0.15, 0.2) is 4.34 Å². The average Bonchev–Trinajstić information content (AvgIpc) is 2.82. The lowest BCUT2D eigenvalue weighted by molar-refractivity contribution is 0.162. The van der Waals surface area contributed by atoms with Crippen molar-refractivity contribution in [3.63, 3.8) is 0 Å². The van der Waals surface area contributed by atoms with Gasteiger partial charge >= 0.3 is 0 Å². The first-order valence-corrected chi connectivity index (χ1v) is 7.92. The highest BCUT2D eigenvalue weighted by molar-refractivity contribution is 7.96. The van der Waals surface area contributed by atoms with Crippen LogP contribution in [-0.2, 0) is 4.28 Å². The van der Waals surface area contributed by atoms with Gasteiger partial charge in [-0.1, -0.05) is 31.4 Å². The summed E-state index contributed by atoms with van der Waals surface area (Å²) in [5.74, 6) is 0. The van der Waals surface area contributed by atoms with Gasteiger partial charge in [0.25, 0.3) is 0 Å². The number of hydrogen-bond acceptors (Lipinski definition) is 5. The van der Waals surface area contributed by atoms with E-state index in [1.54, 1.807) is 11.3 Å². The maximum atomic E-state index is 5.50. The van der Waals surface area contributed by atoms with Gasteiger partial charge < -0.3 is 0 Å². The van der Waals surface area contributed by atoms with Gasteiger partial charge in [0.05, 0.1) is 22.3 Å². The summed E-state index contributed by atoms with van der Waals surface area (Å²) in [4.78, 5) is 4.51. The fourth-order valence-electron chi connectivity index (χ4n) is 2.23. The lowest BCUT2D eigenvalue weighted by atomic mass is 9.96. The van der Waals surface area contributed by atoms with E-state index >= 15 is 0 Å². The normalized spacial score (nSPS) is 17.3. The summed E-state index contributed by atoms with van der Waals surface area (Å²) in [5.41, 5.74) is 4.19. The van der Waals surface area contributed by atoms with Gasteiger partial charge in [0.1, 0.15) is 0 Å². The third kappa shape index (κ3) is 3.03. The van der Waals surface area contributed by atoms with Crippen LogP contribution in [-0.4, -0.2) is 11.0 Å². The van der Waals surface area contributed by atoms with Gasteiger partial charge in [0.2, 0.25) is 0 Å². The Morgan fingerprint density at radius 3 is 2.89 bits per heavy atom. The van der Waals surface area contributed by atoms with Crippen molar-refractivity contribution in [2.45, 2.75) is 42.5 Å². The predicted octanol–water partition coefficient (Wildman–Crippen LogP) is 4.16. The molecule has 0 radical (unpaired) electrons. The Kier molecular flexibility index (Phi) is 4.15. The number of hydrogen-bond donors (Lipinski definition) is 1. The fourth-order valence-corrected chi connectivity index (χ4v) is 3.83. The van der Waals surface area contributed by atoms with Crippen molar-refractivity contribution in [3.8, 4) is 0 Å². The molecule has 0 amide bonds. The number of para-hydroxylation sites is 1. The molecule has 1 aromatic carbocycles. The van der Waals surface area contributed by atoms with E-state index in [0.29, 0.717) is 6.04 Å². The minimum absolute atomic E-state index is 0.514. The third-order valence-corrected chi connectivity index (χ3v) is 4.91. The van der Waals surface area contributed by atoms with Crippen LogP contribution in [0.3, 0.4) is 0 Å². The van der Waals surface area contributed by atoms with Crippen LogP contribution >= 0.6 is 23.4 Å². The third-order valence-electron chi connectivity index (χ3n) is 3.21. The summed E-state index contributed by atoms with van der Waals surface area (Å²) in [6.07, 6.45) is 6.43. The monoisotopic (exact) mass is 280 g/mol. The van der Waals surface area contributed by atoms with Gasteiger partial charge in [-0.05, 0) is 25.0 Å². The zero-order valence-corrected chi connectivity index (χ0v) is 11.7. The Morgan fingerprint density at radius 2 is 2.06 bits per heavy atom. The first-order valence-electron chi connectivity index (χ1n) is 6.36.